The first kappa shape index (κ1) is 25.0. The minimum absolute atomic E-state index is 0. The van der Waals surface area contributed by atoms with E-state index in [4.69, 9.17) is 0 Å². The average molecular weight is 336 g/mol. The van der Waals surface area contributed by atoms with E-state index in [1.165, 1.54) is 0 Å². The fourth-order valence-electron chi connectivity index (χ4n) is 0.422. The molecular formula is C14H24O6Ti. The summed E-state index contributed by atoms with van der Waals surface area (Å²) in [7, 11) is 0. The fourth-order valence-corrected chi connectivity index (χ4v) is 0.422. The maximum Gasteiger partial charge on any atom is 0.368 e. The van der Waals surface area contributed by atoms with Gasteiger partial charge in [0.1, 0.15) is 0 Å². The average Bonchev–Trinajstić information content (AvgIpc) is 2.33. The zero-order valence-electron chi connectivity index (χ0n) is 13.5. The van der Waals surface area contributed by atoms with Gasteiger partial charge in [0.15, 0.2) is 0 Å². The Balaban J connectivity index is -0.000000295. The Morgan fingerprint density at radius 1 is 0.762 bits per heavy atom. The van der Waals surface area contributed by atoms with Gasteiger partial charge in [0.25, 0.3) is 0 Å². The molecule has 0 aliphatic rings. The number of hydrogen-bond acceptors (Lipinski definition) is 6. The molecule has 0 radical (unpaired) electrons. The van der Waals surface area contributed by atoms with E-state index in [0.29, 0.717) is 11.1 Å². The van der Waals surface area contributed by atoms with E-state index in [9.17, 15) is 9.59 Å². The van der Waals surface area contributed by atoms with Crippen LogP contribution in [0.5, 0.6) is 0 Å². The van der Waals surface area contributed by atoms with Crippen molar-refractivity contribution in [2.24, 2.45) is 0 Å². The van der Waals surface area contributed by atoms with Crippen molar-refractivity contribution in [3.63, 3.8) is 0 Å². The molecule has 0 amide bonds. The van der Waals surface area contributed by atoms with E-state index in [0.717, 1.165) is 0 Å². The first-order valence-electron chi connectivity index (χ1n) is 6.14. The van der Waals surface area contributed by atoms with Crippen molar-refractivity contribution in [3.8, 4) is 0 Å². The second kappa shape index (κ2) is 14.0. The van der Waals surface area contributed by atoms with Crippen LogP contribution in [0.1, 0.15) is 41.5 Å². The van der Waals surface area contributed by atoms with Gasteiger partial charge in [-0.2, -0.15) is 9.78 Å². The second-order valence-electron chi connectivity index (χ2n) is 4.59. The number of hydrogen-bond donors (Lipinski definition) is 0. The van der Waals surface area contributed by atoms with E-state index < -0.39 is 11.9 Å². The SMILES string of the molecule is C=C(C)C(=O)OOC(C)C.C=C(C)C(=O)OOC(C)C.[Ti]. The monoisotopic (exact) mass is 336 g/mol. The zero-order valence-corrected chi connectivity index (χ0v) is 15.1. The normalized spacial score (nSPS) is 9.14. The fraction of sp³-hybridized carbons (Fsp3) is 0.571. The first-order chi connectivity index (χ1) is 9.07. The summed E-state index contributed by atoms with van der Waals surface area (Å²) in [5.74, 6) is -1.04. The maximum absolute atomic E-state index is 10.6. The predicted molar refractivity (Wildman–Crippen MR) is 74.3 cm³/mol. The molecule has 7 heteroatoms. The summed E-state index contributed by atoms with van der Waals surface area (Å²) in [6.07, 6.45) is -0.216. The largest absolute Gasteiger partial charge is 0.368 e. The van der Waals surface area contributed by atoms with Crippen molar-refractivity contribution in [1.82, 2.24) is 0 Å². The van der Waals surface area contributed by atoms with Crippen molar-refractivity contribution < 1.29 is 50.9 Å². The molecule has 0 saturated heterocycles. The third kappa shape index (κ3) is 19.1. The van der Waals surface area contributed by atoms with E-state index >= 15 is 0 Å². The minimum atomic E-state index is -0.520. The number of carbonyl (C=O) groups excluding carboxylic acids is 2. The molecule has 6 nitrogen and oxygen atoms in total. The summed E-state index contributed by atoms with van der Waals surface area (Å²) in [5.41, 5.74) is 0.668. The van der Waals surface area contributed by atoms with Crippen molar-refractivity contribution in [2.75, 3.05) is 0 Å². The number of rotatable bonds is 6. The van der Waals surface area contributed by atoms with Crippen LogP contribution in [0.15, 0.2) is 24.3 Å². The van der Waals surface area contributed by atoms with Crippen molar-refractivity contribution in [1.29, 1.82) is 0 Å². The first-order valence-corrected chi connectivity index (χ1v) is 6.14. The van der Waals surface area contributed by atoms with E-state index in [-0.39, 0.29) is 33.9 Å². The number of carbonyl (C=O) groups is 2. The van der Waals surface area contributed by atoms with Gasteiger partial charge in [0, 0.05) is 32.9 Å². The van der Waals surface area contributed by atoms with Gasteiger partial charge in [-0.25, -0.2) is 9.59 Å². The summed E-state index contributed by atoms with van der Waals surface area (Å²) in [6, 6.07) is 0. The molecule has 0 heterocycles. The Hall–Kier alpha value is -0.946. The molecule has 0 unspecified atom stereocenters. The third-order valence-electron chi connectivity index (χ3n) is 1.33. The Morgan fingerprint density at radius 2 is 1.00 bits per heavy atom. The van der Waals surface area contributed by atoms with Gasteiger partial charge >= 0.3 is 11.9 Å². The molecule has 0 aromatic heterocycles. The molecular weight excluding hydrogens is 312 g/mol. The second-order valence-corrected chi connectivity index (χ2v) is 4.59. The van der Waals surface area contributed by atoms with Gasteiger partial charge in [0.2, 0.25) is 0 Å². The summed E-state index contributed by atoms with van der Waals surface area (Å²) in [4.78, 5) is 39.0. The molecule has 0 aliphatic heterocycles. The van der Waals surface area contributed by atoms with Crippen molar-refractivity contribution in [3.05, 3.63) is 24.3 Å². The van der Waals surface area contributed by atoms with Crippen LogP contribution in [-0.2, 0) is 50.9 Å². The van der Waals surface area contributed by atoms with Crippen LogP contribution in [0.2, 0.25) is 0 Å². The third-order valence-corrected chi connectivity index (χ3v) is 1.33. The molecule has 0 atom stereocenters. The Labute approximate surface area is 141 Å². The van der Waals surface area contributed by atoms with Crippen LogP contribution >= 0.6 is 0 Å². The van der Waals surface area contributed by atoms with Gasteiger partial charge < -0.3 is 0 Å². The molecule has 0 aromatic rings. The standard InChI is InChI=1S/2C7H12O3.Ti/c2*1-5(2)7(8)10-9-6(3)4;/h2*6H,1H2,2-4H3;. The molecule has 0 aliphatic carbocycles. The van der Waals surface area contributed by atoms with E-state index in [2.05, 4.69) is 32.7 Å². The zero-order chi connectivity index (χ0) is 16.3. The molecule has 0 bridgehead atoms. The summed E-state index contributed by atoms with van der Waals surface area (Å²) >= 11 is 0. The minimum Gasteiger partial charge on any atom is -0.293 e. The molecule has 21 heavy (non-hydrogen) atoms. The van der Waals surface area contributed by atoms with E-state index in [1.807, 2.05) is 0 Å². The quantitative estimate of drug-likeness (QED) is 0.321. The molecule has 0 aromatic carbocycles. The summed E-state index contributed by atoms with van der Waals surface area (Å²) < 4.78 is 0. The van der Waals surface area contributed by atoms with Crippen LogP contribution in [-0.4, -0.2) is 24.1 Å². The molecule has 0 spiro atoms. The van der Waals surface area contributed by atoms with Gasteiger partial charge in [-0.1, -0.05) is 13.2 Å². The molecule has 0 fully saturated rings. The van der Waals surface area contributed by atoms with Crippen LogP contribution in [0.25, 0.3) is 0 Å². The predicted octanol–water partition coefficient (Wildman–Crippen LogP) is 2.89. The Bertz CT molecular complexity index is 315. The van der Waals surface area contributed by atoms with Gasteiger partial charge in [0.05, 0.1) is 12.2 Å². The molecule has 0 N–H and O–H groups in total. The Kier molecular flexibility index (Phi) is 16.7. The molecule has 0 saturated carbocycles. The smallest absolute Gasteiger partial charge is 0.293 e. The van der Waals surface area contributed by atoms with Crippen LogP contribution in [0.4, 0.5) is 0 Å². The van der Waals surface area contributed by atoms with Crippen LogP contribution in [0, 0.1) is 0 Å². The van der Waals surface area contributed by atoms with Crippen LogP contribution < -0.4 is 0 Å². The van der Waals surface area contributed by atoms with Gasteiger partial charge in [-0.3, -0.25) is 9.78 Å². The Morgan fingerprint density at radius 3 is 1.14 bits per heavy atom. The maximum atomic E-state index is 10.6. The topological polar surface area (TPSA) is 71.1 Å². The molecule has 0 rings (SSSR count). The van der Waals surface area contributed by atoms with Crippen LogP contribution in [0.3, 0.4) is 0 Å². The van der Waals surface area contributed by atoms with Crippen molar-refractivity contribution >= 4 is 11.9 Å². The molecule has 120 valence electrons. The summed E-state index contributed by atoms with van der Waals surface area (Å²) in [5, 5.41) is 0. The van der Waals surface area contributed by atoms with E-state index in [1.54, 1.807) is 41.5 Å². The summed E-state index contributed by atoms with van der Waals surface area (Å²) in [6.45, 7) is 17.0. The van der Waals surface area contributed by atoms with Gasteiger partial charge in [-0.05, 0) is 41.5 Å². The van der Waals surface area contributed by atoms with Gasteiger partial charge in [-0.15, -0.1) is 0 Å². The van der Waals surface area contributed by atoms with Crippen molar-refractivity contribution in [2.45, 2.75) is 53.8 Å².